The molecule has 1 aromatic rings. The van der Waals surface area contributed by atoms with Gasteiger partial charge in [0.2, 0.25) is 0 Å². The summed E-state index contributed by atoms with van der Waals surface area (Å²) < 4.78 is 5.22. The van der Waals surface area contributed by atoms with E-state index in [4.69, 9.17) is 10.5 Å². The molecule has 0 heterocycles. The number of aliphatic carboxylic acids is 1. The third kappa shape index (κ3) is 4.73. The van der Waals surface area contributed by atoms with Crippen molar-refractivity contribution in [3.63, 3.8) is 0 Å². The van der Waals surface area contributed by atoms with E-state index in [1.54, 1.807) is 32.9 Å². The molecule has 1 unspecified atom stereocenters. The third-order valence-corrected chi connectivity index (χ3v) is 3.26. The Labute approximate surface area is 130 Å². The van der Waals surface area contributed by atoms with E-state index in [1.165, 1.54) is 0 Å². The first-order chi connectivity index (χ1) is 10.0. The lowest BCUT2D eigenvalue weighted by molar-refractivity contribution is -0.138. The Kier molecular flexibility index (Phi) is 5.54. The number of amides is 1. The zero-order chi connectivity index (χ0) is 17.1. The number of ether oxygens (including phenoxy) is 1. The van der Waals surface area contributed by atoms with E-state index in [0.29, 0.717) is 11.3 Å². The Morgan fingerprint density at radius 2 is 1.91 bits per heavy atom. The summed E-state index contributed by atoms with van der Waals surface area (Å²) in [6, 6.07) is 3.42. The molecule has 22 heavy (non-hydrogen) atoms. The van der Waals surface area contributed by atoms with Crippen LogP contribution in [-0.2, 0) is 9.53 Å². The van der Waals surface area contributed by atoms with Crippen LogP contribution in [0.1, 0.15) is 43.4 Å². The van der Waals surface area contributed by atoms with Crippen LogP contribution in [0.4, 0.5) is 10.5 Å². The Bertz CT molecular complexity index is 576. The molecule has 0 saturated carbocycles. The lowest BCUT2D eigenvalue weighted by Gasteiger charge is -2.21. The molecule has 1 amide bonds. The number of rotatable bonds is 4. The van der Waals surface area contributed by atoms with Gasteiger partial charge in [0.05, 0.1) is 5.92 Å². The molecule has 1 atom stereocenters. The van der Waals surface area contributed by atoms with Gasteiger partial charge in [0.15, 0.2) is 0 Å². The molecule has 0 aliphatic rings. The molecule has 6 heteroatoms. The van der Waals surface area contributed by atoms with Gasteiger partial charge in [-0.05, 0) is 57.4 Å². The number of aryl methyl sites for hydroxylation is 1. The summed E-state index contributed by atoms with van der Waals surface area (Å²) in [6.45, 7) is 9.02. The van der Waals surface area contributed by atoms with Crippen molar-refractivity contribution in [2.75, 3.05) is 11.9 Å². The molecule has 0 aliphatic heterocycles. The van der Waals surface area contributed by atoms with Crippen LogP contribution in [0.5, 0.6) is 0 Å². The first kappa shape index (κ1) is 18.0. The second-order valence-electron chi connectivity index (χ2n) is 6.26. The summed E-state index contributed by atoms with van der Waals surface area (Å²) in [4.78, 5) is 23.2. The quantitative estimate of drug-likeness (QED) is 0.794. The molecule has 4 N–H and O–H groups in total. The molecule has 122 valence electrons. The number of nitrogens with two attached hydrogens (primary N) is 1. The third-order valence-electron chi connectivity index (χ3n) is 3.26. The first-order valence-electron chi connectivity index (χ1n) is 7.09. The predicted octanol–water partition coefficient (Wildman–Crippen LogP) is 2.78. The highest BCUT2D eigenvalue weighted by atomic mass is 16.6. The molecule has 0 saturated heterocycles. The normalized spacial score (nSPS) is 12.6. The lowest BCUT2D eigenvalue weighted by atomic mass is 9.94. The van der Waals surface area contributed by atoms with Crippen molar-refractivity contribution in [3.8, 4) is 0 Å². The van der Waals surface area contributed by atoms with Crippen LogP contribution in [0.3, 0.4) is 0 Å². The van der Waals surface area contributed by atoms with Crippen molar-refractivity contribution in [2.45, 2.75) is 46.1 Å². The maximum absolute atomic E-state index is 11.9. The van der Waals surface area contributed by atoms with E-state index in [-0.39, 0.29) is 6.54 Å². The molecular weight excluding hydrogens is 284 g/mol. The molecule has 0 bridgehead atoms. The first-order valence-corrected chi connectivity index (χ1v) is 7.09. The molecule has 0 aromatic heterocycles. The van der Waals surface area contributed by atoms with Crippen molar-refractivity contribution in [1.82, 2.24) is 0 Å². The number of carboxylic acid groups (broad SMARTS) is 1. The maximum Gasteiger partial charge on any atom is 0.412 e. The monoisotopic (exact) mass is 308 g/mol. The van der Waals surface area contributed by atoms with Crippen LogP contribution in [-0.4, -0.2) is 29.3 Å². The van der Waals surface area contributed by atoms with E-state index in [9.17, 15) is 14.7 Å². The van der Waals surface area contributed by atoms with Crippen LogP contribution in [0.15, 0.2) is 12.1 Å². The largest absolute Gasteiger partial charge is 0.481 e. The number of anilines is 1. The van der Waals surface area contributed by atoms with Crippen LogP contribution in [0.2, 0.25) is 0 Å². The highest BCUT2D eigenvalue weighted by Crippen LogP contribution is 2.26. The summed E-state index contributed by atoms with van der Waals surface area (Å²) in [5, 5.41) is 11.9. The number of nitrogens with one attached hydrogen (secondary N) is 1. The summed E-state index contributed by atoms with van der Waals surface area (Å²) >= 11 is 0. The van der Waals surface area contributed by atoms with Gasteiger partial charge >= 0.3 is 12.1 Å². The van der Waals surface area contributed by atoms with Crippen molar-refractivity contribution < 1.29 is 19.4 Å². The van der Waals surface area contributed by atoms with Crippen molar-refractivity contribution in [1.29, 1.82) is 0 Å². The van der Waals surface area contributed by atoms with Gasteiger partial charge in [-0.25, -0.2) is 4.79 Å². The van der Waals surface area contributed by atoms with Gasteiger partial charge in [-0.15, -0.1) is 0 Å². The number of carboxylic acids is 1. The van der Waals surface area contributed by atoms with Crippen LogP contribution < -0.4 is 11.1 Å². The van der Waals surface area contributed by atoms with E-state index < -0.39 is 23.6 Å². The Morgan fingerprint density at radius 3 is 2.36 bits per heavy atom. The molecule has 1 rings (SSSR count). The Balaban J connectivity index is 3.12. The van der Waals surface area contributed by atoms with Crippen molar-refractivity contribution in [3.05, 3.63) is 28.8 Å². The van der Waals surface area contributed by atoms with Gasteiger partial charge in [0.25, 0.3) is 0 Å². The fourth-order valence-corrected chi connectivity index (χ4v) is 2.01. The standard InChI is InChI=1S/C16H24N2O4/c1-9-6-11(12(8-17)14(19)20)7-13(10(9)2)18-15(21)22-16(3,4)5/h6-7,12H,8,17H2,1-5H3,(H,18,21)(H,19,20). The minimum atomic E-state index is -0.992. The highest BCUT2D eigenvalue weighted by Gasteiger charge is 2.21. The topological polar surface area (TPSA) is 102 Å². The van der Waals surface area contributed by atoms with Gasteiger partial charge < -0.3 is 15.6 Å². The molecule has 0 aliphatic carbocycles. The van der Waals surface area contributed by atoms with Gasteiger partial charge in [-0.2, -0.15) is 0 Å². The minimum absolute atomic E-state index is 0.0102. The number of hydrogen-bond donors (Lipinski definition) is 3. The van der Waals surface area contributed by atoms with Gasteiger partial charge in [0, 0.05) is 12.2 Å². The fourth-order valence-electron chi connectivity index (χ4n) is 2.01. The smallest absolute Gasteiger partial charge is 0.412 e. The summed E-state index contributed by atoms with van der Waals surface area (Å²) in [5.74, 6) is -1.80. The van der Waals surface area contributed by atoms with E-state index in [2.05, 4.69) is 5.32 Å². The SMILES string of the molecule is Cc1cc(C(CN)C(=O)O)cc(NC(=O)OC(C)(C)C)c1C. The number of hydrogen-bond acceptors (Lipinski definition) is 4. The van der Waals surface area contributed by atoms with Crippen LogP contribution in [0.25, 0.3) is 0 Å². The molecule has 0 fully saturated rings. The second-order valence-corrected chi connectivity index (χ2v) is 6.26. The fraction of sp³-hybridized carbons (Fsp3) is 0.500. The van der Waals surface area contributed by atoms with Crippen LogP contribution >= 0.6 is 0 Å². The maximum atomic E-state index is 11.9. The molecule has 0 spiro atoms. The second kappa shape index (κ2) is 6.79. The zero-order valence-corrected chi connectivity index (χ0v) is 13.7. The number of benzene rings is 1. The van der Waals surface area contributed by atoms with Crippen molar-refractivity contribution in [2.24, 2.45) is 5.73 Å². The summed E-state index contributed by atoms with van der Waals surface area (Å²) in [6.07, 6.45) is -0.577. The Hall–Kier alpha value is -2.08. The highest BCUT2D eigenvalue weighted by molar-refractivity contribution is 5.87. The summed E-state index contributed by atoms with van der Waals surface area (Å²) in [7, 11) is 0. The number of carbonyl (C=O) groups is 2. The molecule has 6 nitrogen and oxygen atoms in total. The van der Waals surface area contributed by atoms with Gasteiger partial charge in [-0.1, -0.05) is 6.07 Å². The van der Waals surface area contributed by atoms with Gasteiger partial charge in [0.1, 0.15) is 5.60 Å². The number of carbonyl (C=O) groups excluding carboxylic acids is 1. The van der Waals surface area contributed by atoms with E-state index in [1.807, 2.05) is 13.8 Å². The van der Waals surface area contributed by atoms with Crippen molar-refractivity contribution >= 4 is 17.7 Å². The zero-order valence-electron chi connectivity index (χ0n) is 13.7. The van der Waals surface area contributed by atoms with Crippen LogP contribution in [0, 0.1) is 13.8 Å². The summed E-state index contributed by atoms with van der Waals surface area (Å²) in [5.41, 5.74) is 7.76. The van der Waals surface area contributed by atoms with Gasteiger partial charge in [-0.3, -0.25) is 10.1 Å². The van der Waals surface area contributed by atoms with E-state index in [0.717, 1.165) is 11.1 Å². The predicted molar refractivity (Wildman–Crippen MR) is 85.2 cm³/mol. The molecule has 1 aromatic carbocycles. The average Bonchev–Trinajstić information content (AvgIpc) is 2.33. The van der Waals surface area contributed by atoms with E-state index >= 15 is 0 Å². The average molecular weight is 308 g/mol. The Morgan fingerprint density at radius 1 is 1.32 bits per heavy atom. The minimum Gasteiger partial charge on any atom is -0.481 e. The molecule has 0 radical (unpaired) electrons. The molecular formula is C16H24N2O4. The lowest BCUT2D eigenvalue weighted by Crippen LogP contribution is -2.27.